The molecule has 0 aliphatic carbocycles. The van der Waals surface area contributed by atoms with Crippen molar-refractivity contribution in [3.8, 4) is 6.07 Å². The Kier molecular flexibility index (Phi) is 2.43. The van der Waals surface area contributed by atoms with Gasteiger partial charge in [0.15, 0.2) is 0 Å². The molecule has 0 fully saturated rings. The predicted octanol–water partition coefficient (Wildman–Crippen LogP) is -0.0285. The molecular weight excluding hydrogens is 156 g/mol. The molecule has 62 valence electrons. The van der Waals surface area contributed by atoms with Gasteiger partial charge in [-0.05, 0) is 6.92 Å². The van der Waals surface area contributed by atoms with E-state index >= 15 is 0 Å². The van der Waals surface area contributed by atoms with Crippen molar-refractivity contribution in [1.29, 1.82) is 5.26 Å². The van der Waals surface area contributed by atoms with E-state index in [4.69, 9.17) is 5.26 Å². The second-order valence-electron chi connectivity index (χ2n) is 2.25. The fourth-order valence-corrected chi connectivity index (χ4v) is 0.795. The summed E-state index contributed by atoms with van der Waals surface area (Å²) < 4.78 is 0. The summed E-state index contributed by atoms with van der Waals surface area (Å²) in [6, 6.07) is 1.82. The highest BCUT2D eigenvalue weighted by molar-refractivity contribution is 5.95. The number of aromatic nitrogens is 2. The van der Waals surface area contributed by atoms with Crippen molar-refractivity contribution >= 4 is 5.91 Å². The highest BCUT2D eigenvalue weighted by Gasteiger charge is 2.08. The molecule has 5 nitrogen and oxygen atoms in total. The molecule has 0 saturated carbocycles. The number of carbonyl (C=O) groups excluding carboxylic acids is 1. The molecule has 2 N–H and O–H groups in total. The number of H-pyrrole nitrogens is 1. The Morgan fingerprint density at radius 3 is 3.17 bits per heavy atom. The molecule has 1 aromatic heterocycles. The molecule has 0 atom stereocenters. The van der Waals surface area contributed by atoms with E-state index in [1.807, 2.05) is 6.07 Å². The lowest BCUT2D eigenvalue weighted by Crippen LogP contribution is -2.23. The van der Waals surface area contributed by atoms with Crippen LogP contribution in [0, 0.1) is 18.3 Å². The van der Waals surface area contributed by atoms with Gasteiger partial charge in [-0.3, -0.25) is 9.89 Å². The number of nitrogens with zero attached hydrogens (tertiary/aromatic N) is 2. The van der Waals surface area contributed by atoms with Gasteiger partial charge in [0.1, 0.15) is 6.54 Å². The van der Waals surface area contributed by atoms with E-state index in [0.29, 0.717) is 11.3 Å². The number of aryl methyl sites for hydroxylation is 1. The van der Waals surface area contributed by atoms with E-state index in [0.717, 1.165) is 0 Å². The molecule has 0 aliphatic rings. The van der Waals surface area contributed by atoms with Gasteiger partial charge in [0.2, 0.25) is 0 Å². The van der Waals surface area contributed by atoms with Crippen LogP contribution in [0.4, 0.5) is 0 Å². The van der Waals surface area contributed by atoms with E-state index in [-0.39, 0.29) is 12.5 Å². The smallest absolute Gasteiger partial charge is 0.255 e. The highest BCUT2D eigenvalue weighted by atomic mass is 16.1. The summed E-state index contributed by atoms with van der Waals surface area (Å²) in [6.45, 7) is 1.76. The third-order valence-corrected chi connectivity index (χ3v) is 1.40. The molecule has 0 radical (unpaired) electrons. The van der Waals surface area contributed by atoms with Gasteiger partial charge in [-0.1, -0.05) is 0 Å². The summed E-state index contributed by atoms with van der Waals surface area (Å²) in [5.74, 6) is -0.275. The van der Waals surface area contributed by atoms with Crippen LogP contribution in [-0.4, -0.2) is 22.6 Å². The summed E-state index contributed by atoms with van der Waals surface area (Å²) in [7, 11) is 0. The zero-order chi connectivity index (χ0) is 8.97. The second kappa shape index (κ2) is 3.53. The fraction of sp³-hybridized carbons (Fsp3) is 0.286. The van der Waals surface area contributed by atoms with Gasteiger partial charge in [-0.15, -0.1) is 0 Å². The van der Waals surface area contributed by atoms with Crippen molar-refractivity contribution < 1.29 is 4.79 Å². The van der Waals surface area contributed by atoms with Crippen LogP contribution in [0.3, 0.4) is 0 Å². The SMILES string of the molecule is Cc1[nH]ncc1C(=O)NCC#N. The summed E-state index contributed by atoms with van der Waals surface area (Å²) in [5, 5.41) is 16.9. The van der Waals surface area contributed by atoms with Crippen LogP contribution in [0.25, 0.3) is 0 Å². The van der Waals surface area contributed by atoms with E-state index in [1.54, 1.807) is 6.92 Å². The van der Waals surface area contributed by atoms with E-state index in [2.05, 4.69) is 15.5 Å². The van der Waals surface area contributed by atoms with Gasteiger partial charge in [0, 0.05) is 5.69 Å². The van der Waals surface area contributed by atoms with Crippen LogP contribution in [0.15, 0.2) is 6.20 Å². The van der Waals surface area contributed by atoms with Crippen LogP contribution >= 0.6 is 0 Å². The van der Waals surface area contributed by atoms with Crippen molar-refractivity contribution in [3.63, 3.8) is 0 Å². The topological polar surface area (TPSA) is 81.6 Å². The zero-order valence-electron chi connectivity index (χ0n) is 6.59. The van der Waals surface area contributed by atoms with E-state index in [1.165, 1.54) is 6.20 Å². The molecule has 0 aromatic carbocycles. The maximum atomic E-state index is 11.2. The number of carbonyl (C=O) groups is 1. The Bertz CT molecular complexity index is 322. The largest absolute Gasteiger partial charge is 0.339 e. The van der Waals surface area contributed by atoms with Gasteiger partial charge in [-0.2, -0.15) is 10.4 Å². The third-order valence-electron chi connectivity index (χ3n) is 1.40. The first kappa shape index (κ1) is 8.27. The molecule has 0 unspecified atom stereocenters. The molecule has 0 spiro atoms. The molecule has 1 rings (SSSR count). The lowest BCUT2D eigenvalue weighted by atomic mass is 10.2. The zero-order valence-corrected chi connectivity index (χ0v) is 6.59. The summed E-state index contributed by atoms with van der Waals surface area (Å²) in [6.07, 6.45) is 1.43. The summed E-state index contributed by atoms with van der Waals surface area (Å²) in [5.41, 5.74) is 1.18. The van der Waals surface area contributed by atoms with Gasteiger partial charge in [-0.25, -0.2) is 0 Å². The number of hydrogen-bond donors (Lipinski definition) is 2. The summed E-state index contributed by atoms with van der Waals surface area (Å²) in [4.78, 5) is 11.2. The maximum Gasteiger partial charge on any atom is 0.255 e. The minimum absolute atomic E-state index is 0.0173. The average molecular weight is 164 g/mol. The van der Waals surface area contributed by atoms with Gasteiger partial charge in [0.05, 0.1) is 17.8 Å². The van der Waals surface area contributed by atoms with E-state index in [9.17, 15) is 4.79 Å². The summed E-state index contributed by atoms with van der Waals surface area (Å²) >= 11 is 0. The third kappa shape index (κ3) is 1.61. The van der Waals surface area contributed by atoms with E-state index < -0.39 is 0 Å². The van der Waals surface area contributed by atoms with Gasteiger partial charge < -0.3 is 5.32 Å². The van der Waals surface area contributed by atoms with Crippen LogP contribution < -0.4 is 5.32 Å². The van der Waals surface area contributed by atoms with Gasteiger partial charge in [0.25, 0.3) is 5.91 Å². The standard InChI is InChI=1S/C7H8N4O/c1-5-6(4-10-11-5)7(12)9-3-2-8/h4H,3H2,1H3,(H,9,12)(H,10,11). The second-order valence-corrected chi connectivity index (χ2v) is 2.25. The first-order valence-corrected chi connectivity index (χ1v) is 3.41. The Balaban J connectivity index is 2.67. The Morgan fingerprint density at radius 1 is 1.92 bits per heavy atom. The van der Waals surface area contributed by atoms with Crippen molar-refractivity contribution in [1.82, 2.24) is 15.5 Å². The lowest BCUT2D eigenvalue weighted by molar-refractivity contribution is 0.0958. The number of hydrogen-bond acceptors (Lipinski definition) is 3. The van der Waals surface area contributed by atoms with Crippen molar-refractivity contribution in [2.24, 2.45) is 0 Å². The normalized spacial score (nSPS) is 9.00. The monoisotopic (exact) mass is 164 g/mol. The fourth-order valence-electron chi connectivity index (χ4n) is 0.795. The Morgan fingerprint density at radius 2 is 2.67 bits per heavy atom. The molecular formula is C7H8N4O. The van der Waals surface area contributed by atoms with Crippen LogP contribution in [-0.2, 0) is 0 Å². The van der Waals surface area contributed by atoms with Gasteiger partial charge >= 0.3 is 0 Å². The molecule has 12 heavy (non-hydrogen) atoms. The molecule has 0 saturated heterocycles. The lowest BCUT2D eigenvalue weighted by Gasteiger charge is -1.96. The molecule has 1 amide bonds. The van der Waals surface area contributed by atoms with Crippen LogP contribution in [0.5, 0.6) is 0 Å². The van der Waals surface area contributed by atoms with Crippen molar-refractivity contribution in [2.75, 3.05) is 6.54 Å². The number of aromatic amines is 1. The first-order chi connectivity index (χ1) is 5.75. The molecule has 5 heteroatoms. The predicted molar refractivity (Wildman–Crippen MR) is 41.3 cm³/mol. The number of nitriles is 1. The van der Waals surface area contributed by atoms with Crippen LogP contribution in [0.2, 0.25) is 0 Å². The number of amides is 1. The molecule has 1 heterocycles. The minimum atomic E-state index is -0.275. The Hall–Kier alpha value is -1.83. The van der Waals surface area contributed by atoms with Crippen LogP contribution in [0.1, 0.15) is 16.1 Å². The maximum absolute atomic E-state index is 11.2. The number of rotatable bonds is 2. The van der Waals surface area contributed by atoms with Crippen molar-refractivity contribution in [3.05, 3.63) is 17.5 Å². The van der Waals surface area contributed by atoms with Crippen molar-refractivity contribution in [2.45, 2.75) is 6.92 Å². The minimum Gasteiger partial charge on any atom is -0.339 e. The number of nitrogens with one attached hydrogen (secondary N) is 2. The Labute approximate surface area is 69.4 Å². The molecule has 0 aliphatic heterocycles. The average Bonchev–Trinajstić information content (AvgIpc) is 2.47. The molecule has 0 bridgehead atoms. The first-order valence-electron chi connectivity index (χ1n) is 3.41. The molecule has 1 aromatic rings. The quantitative estimate of drug-likeness (QED) is 0.602. The highest BCUT2D eigenvalue weighted by Crippen LogP contribution is 2.00.